The number of aliphatic carboxylic acids is 1. The fraction of sp³-hybridized carbons (Fsp3) is 0.385. The fourth-order valence-corrected chi connectivity index (χ4v) is 2.72. The van der Waals surface area contributed by atoms with Gasteiger partial charge in [0.25, 0.3) is 0 Å². The highest BCUT2D eigenvalue weighted by atomic mass is 79.9. The number of carbonyl (C=O) groups excluding carboxylic acids is 1. The summed E-state index contributed by atoms with van der Waals surface area (Å²) >= 11 is 4.85. The van der Waals surface area contributed by atoms with Crippen LogP contribution in [0.1, 0.15) is 19.3 Å². The number of carbonyl (C=O) groups is 2. The molecular formula is C13H16BrNO3S. The number of carboxylic acid groups (broad SMARTS) is 1. The molecule has 0 aliphatic heterocycles. The van der Waals surface area contributed by atoms with Gasteiger partial charge in [-0.25, -0.2) is 0 Å². The number of hydrogen-bond acceptors (Lipinski definition) is 3. The minimum Gasteiger partial charge on any atom is -0.481 e. The van der Waals surface area contributed by atoms with Crippen molar-refractivity contribution >= 4 is 39.6 Å². The summed E-state index contributed by atoms with van der Waals surface area (Å²) in [6.45, 7) is 0.533. The SMILES string of the molecule is O=C(O)CCCCNC(=O)CSc1cccc(Br)c1. The first-order valence-electron chi connectivity index (χ1n) is 5.95. The number of amides is 1. The molecule has 2 N–H and O–H groups in total. The van der Waals surface area contributed by atoms with Gasteiger partial charge in [-0.15, -0.1) is 11.8 Å². The van der Waals surface area contributed by atoms with Crippen molar-refractivity contribution < 1.29 is 14.7 Å². The van der Waals surface area contributed by atoms with E-state index in [2.05, 4.69) is 21.2 Å². The first-order chi connectivity index (χ1) is 9.08. The van der Waals surface area contributed by atoms with Crippen molar-refractivity contribution in [1.29, 1.82) is 0 Å². The summed E-state index contributed by atoms with van der Waals surface area (Å²) in [5, 5.41) is 11.2. The standard InChI is InChI=1S/C13H16BrNO3S/c14-10-4-3-5-11(8-10)19-9-12(16)15-7-2-1-6-13(17)18/h3-5,8H,1-2,6-7,9H2,(H,15,16)(H,17,18). The number of hydrogen-bond donors (Lipinski definition) is 2. The molecule has 0 radical (unpaired) electrons. The second-order valence-electron chi connectivity index (χ2n) is 3.95. The van der Waals surface area contributed by atoms with Crippen LogP contribution >= 0.6 is 27.7 Å². The van der Waals surface area contributed by atoms with E-state index >= 15 is 0 Å². The molecule has 0 unspecified atom stereocenters. The third-order valence-electron chi connectivity index (χ3n) is 2.31. The van der Waals surface area contributed by atoms with Crippen LogP contribution in [0, 0.1) is 0 Å². The van der Waals surface area contributed by atoms with Gasteiger partial charge in [-0.05, 0) is 31.0 Å². The van der Waals surface area contributed by atoms with Crippen molar-refractivity contribution in [2.45, 2.75) is 24.2 Å². The normalized spacial score (nSPS) is 10.2. The molecule has 0 bridgehead atoms. The van der Waals surface area contributed by atoms with E-state index in [0.29, 0.717) is 25.1 Å². The Morgan fingerprint density at radius 3 is 2.79 bits per heavy atom. The molecule has 0 fully saturated rings. The van der Waals surface area contributed by atoms with E-state index < -0.39 is 5.97 Å². The summed E-state index contributed by atoms with van der Waals surface area (Å²) in [6.07, 6.45) is 1.44. The zero-order valence-electron chi connectivity index (χ0n) is 10.4. The molecule has 0 aromatic heterocycles. The van der Waals surface area contributed by atoms with Crippen molar-refractivity contribution in [3.63, 3.8) is 0 Å². The Balaban J connectivity index is 2.13. The smallest absolute Gasteiger partial charge is 0.303 e. The van der Waals surface area contributed by atoms with E-state index in [4.69, 9.17) is 5.11 Å². The van der Waals surface area contributed by atoms with Crippen molar-refractivity contribution in [2.24, 2.45) is 0 Å². The van der Waals surface area contributed by atoms with Gasteiger partial charge in [0.1, 0.15) is 0 Å². The average molecular weight is 346 g/mol. The lowest BCUT2D eigenvalue weighted by Crippen LogP contribution is -2.26. The van der Waals surface area contributed by atoms with Gasteiger partial charge in [0.05, 0.1) is 5.75 Å². The lowest BCUT2D eigenvalue weighted by molar-refractivity contribution is -0.137. The molecule has 0 aliphatic rings. The van der Waals surface area contributed by atoms with Crippen molar-refractivity contribution in [3.05, 3.63) is 28.7 Å². The quantitative estimate of drug-likeness (QED) is 0.561. The van der Waals surface area contributed by atoms with Crippen molar-refractivity contribution in [3.8, 4) is 0 Å². The van der Waals surface area contributed by atoms with Crippen LogP contribution in [0.15, 0.2) is 33.6 Å². The van der Waals surface area contributed by atoms with E-state index in [9.17, 15) is 9.59 Å². The van der Waals surface area contributed by atoms with Gasteiger partial charge in [-0.1, -0.05) is 22.0 Å². The lowest BCUT2D eigenvalue weighted by Gasteiger charge is -2.05. The maximum absolute atomic E-state index is 11.5. The van der Waals surface area contributed by atoms with Crippen LogP contribution in [0.3, 0.4) is 0 Å². The van der Waals surface area contributed by atoms with Gasteiger partial charge in [-0.3, -0.25) is 9.59 Å². The molecule has 4 nitrogen and oxygen atoms in total. The molecule has 0 saturated carbocycles. The summed E-state index contributed by atoms with van der Waals surface area (Å²) in [5.41, 5.74) is 0. The largest absolute Gasteiger partial charge is 0.481 e. The molecular weight excluding hydrogens is 330 g/mol. The number of unbranched alkanes of at least 4 members (excludes halogenated alkanes) is 1. The molecule has 1 aromatic rings. The Hall–Kier alpha value is -1.01. The molecule has 0 heterocycles. The van der Waals surface area contributed by atoms with E-state index in [-0.39, 0.29) is 12.3 Å². The van der Waals surface area contributed by atoms with Crippen LogP contribution in [0.25, 0.3) is 0 Å². The van der Waals surface area contributed by atoms with Gasteiger partial charge in [0.2, 0.25) is 5.91 Å². The number of halogens is 1. The maximum Gasteiger partial charge on any atom is 0.303 e. The molecule has 1 aromatic carbocycles. The summed E-state index contributed by atoms with van der Waals surface area (Å²) in [5.74, 6) is -0.452. The van der Waals surface area contributed by atoms with Crippen LogP contribution in [0.2, 0.25) is 0 Å². The molecule has 0 saturated heterocycles. The second-order valence-corrected chi connectivity index (χ2v) is 5.91. The Labute approximate surface area is 125 Å². The number of benzene rings is 1. The third kappa shape index (κ3) is 7.89. The van der Waals surface area contributed by atoms with Crippen LogP contribution in [0.5, 0.6) is 0 Å². The van der Waals surface area contributed by atoms with Crippen molar-refractivity contribution in [2.75, 3.05) is 12.3 Å². The highest BCUT2D eigenvalue weighted by Crippen LogP contribution is 2.21. The summed E-state index contributed by atoms with van der Waals surface area (Å²) in [7, 11) is 0. The molecule has 0 spiro atoms. The predicted octanol–water partition coefficient (Wildman–Crippen LogP) is 2.91. The molecule has 104 valence electrons. The minimum absolute atomic E-state index is 0.0275. The minimum atomic E-state index is -0.795. The van der Waals surface area contributed by atoms with Gasteiger partial charge in [0.15, 0.2) is 0 Å². The molecule has 1 amide bonds. The number of carboxylic acids is 1. The summed E-state index contributed by atoms with van der Waals surface area (Å²) < 4.78 is 0.992. The van der Waals surface area contributed by atoms with E-state index in [1.54, 1.807) is 0 Å². The van der Waals surface area contributed by atoms with Crippen LogP contribution < -0.4 is 5.32 Å². The number of thioether (sulfide) groups is 1. The zero-order valence-corrected chi connectivity index (χ0v) is 12.8. The topological polar surface area (TPSA) is 66.4 Å². The van der Waals surface area contributed by atoms with Crippen LogP contribution in [-0.2, 0) is 9.59 Å². The monoisotopic (exact) mass is 345 g/mol. The Morgan fingerprint density at radius 1 is 1.32 bits per heavy atom. The van der Waals surface area contributed by atoms with Gasteiger partial charge >= 0.3 is 5.97 Å². The zero-order chi connectivity index (χ0) is 14.1. The maximum atomic E-state index is 11.5. The van der Waals surface area contributed by atoms with E-state index in [0.717, 1.165) is 9.37 Å². The Morgan fingerprint density at radius 2 is 2.11 bits per heavy atom. The molecule has 6 heteroatoms. The molecule has 1 rings (SSSR count). The molecule has 0 atom stereocenters. The first-order valence-corrected chi connectivity index (χ1v) is 7.72. The predicted molar refractivity (Wildman–Crippen MR) is 79.4 cm³/mol. The van der Waals surface area contributed by atoms with Gasteiger partial charge in [-0.2, -0.15) is 0 Å². The van der Waals surface area contributed by atoms with E-state index in [1.807, 2.05) is 24.3 Å². The third-order valence-corrected chi connectivity index (χ3v) is 3.79. The average Bonchev–Trinajstić information content (AvgIpc) is 2.35. The van der Waals surface area contributed by atoms with Gasteiger partial charge < -0.3 is 10.4 Å². The number of rotatable bonds is 8. The summed E-state index contributed by atoms with van der Waals surface area (Å²) in [6, 6.07) is 7.78. The van der Waals surface area contributed by atoms with Crippen LogP contribution in [-0.4, -0.2) is 29.3 Å². The van der Waals surface area contributed by atoms with Gasteiger partial charge in [0, 0.05) is 22.3 Å². The summed E-state index contributed by atoms with van der Waals surface area (Å²) in [4.78, 5) is 22.9. The van der Waals surface area contributed by atoms with Crippen molar-refractivity contribution in [1.82, 2.24) is 5.32 Å². The van der Waals surface area contributed by atoms with Crippen LogP contribution in [0.4, 0.5) is 0 Å². The Bertz CT molecular complexity index is 440. The lowest BCUT2D eigenvalue weighted by atomic mass is 10.2. The molecule has 0 aliphatic carbocycles. The van der Waals surface area contributed by atoms with E-state index in [1.165, 1.54) is 11.8 Å². The fourth-order valence-electron chi connectivity index (χ4n) is 1.39. The first kappa shape index (κ1) is 16.0. The number of nitrogens with one attached hydrogen (secondary N) is 1. The highest BCUT2D eigenvalue weighted by Gasteiger charge is 2.03. The second kappa shape index (κ2) is 8.98. The highest BCUT2D eigenvalue weighted by molar-refractivity contribution is 9.10. The Kier molecular flexibility index (Phi) is 7.59. The molecule has 19 heavy (non-hydrogen) atoms.